The van der Waals surface area contributed by atoms with Gasteiger partial charge >= 0.3 is 0 Å². The maximum Gasteiger partial charge on any atom is 0.184 e. The molecule has 0 spiro atoms. The maximum atomic E-state index is 5.36. The van der Waals surface area contributed by atoms with Crippen molar-refractivity contribution in [1.29, 1.82) is 0 Å². The zero-order valence-electron chi connectivity index (χ0n) is 14.5. The summed E-state index contributed by atoms with van der Waals surface area (Å²) in [5.41, 5.74) is 10.2. The van der Waals surface area contributed by atoms with Crippen molar-refractivity contribution in [1.82, 2.24) is 10.3 Å². The minimum atomic E-state index is 0.169. The van der Waals surface area contributed by atoms with Crippen molar-refractivity contribution < 1.29 is 0 Å². The molecule has 7 heteroatoms. The highest BCUT2D eigenvalue weighted by atomic mass is 79.9. The third kappa shape index (κ3) is 5.15. The molecule has 0 aromatic heterocycles. The van der Waals surface area contributed by atoms with Gasteiger partial charge in [-0.3, -0.25) is 10.3 Å². The lowest BCUT2D eigenvalue weighted by Gasteiger charge is -2.41. The van der Waals surface area contributed by atoms with Gasteiger partial charge in [0.15, 0.2) is 5.11 Å². The molecule has 2 aliphatic rings. The summed E-state index contributed by atoms with van der Waals surface area (Å²) in [6.07, 6.45) is 8.72. The second-order valence-corrected chi connectivity index (χ2v) is 8.05. The second-order valence-electron chi connectivity index (χ2n) is 6.76. The van der Waals surface area contributed by atoms with Gasteiger partial charge in [0.25, 0.3) is 0 Å². The SMILES string of the molecule is NC(=S)NN=Cc1ccc(N2CCN(C3CCCCC3)CC2)c(Br)c1. The van der Waals surface area contributed by atoms with Crippen molar-refractivity contribution in [2.75, 3.05) is 31.1 Å². The molecule has 0 unspecified atom stereocenters. The highest BCUT2D eigenvalue weighted by Gasteiger charge is 2.25. The van der Waals surface area contributed by atoms with E-state index in [1.807, 2.05) is 0 Å². The van der Waals surface area contributed by atoms with Gasteiger partial charge in [-0.2, -0.15) is 5.10 Å². The quantitative estimate of drug-likeness (QED) is 0.442. The molecule has 0 bridgehead atoms. The van der Waals surface area contributed by atoms with Crippen molar-refractivity contribution in [3.05, 3.63) is 28.2 Å². The Morgan fingerprint density at radius 3 is 2.56 bits per heavy atom. The van der Waals surface area contributed by atoms with E-state index in [0.29, 0.717) is 0 Å². The van der Waals surface area contributed by atoms with Crippen LogP contribution in [0.3, 0.4) is 0 Å². The predicted octanol–water partition coefficient (Wildman–Crippen LogP) is 3.07. The van der Waals surface area contributed by atoms with Crippen molar-refractivity contribution in [2.45, 2.75) is 38.1 Å². The Labute approximate surface area is 163 Å². The molecule has 1 aromatic carbocycles. The first-order valence-electron chi connectivity index (χ1n) is 9.00. The average molecular weight is 424 g/mol. The van der Waals surface area contributed by atoms with Gasteiger partial charge in [0, 0.05) is 36.7 Å². The number of halogens is 1. The van der Waals surface area contributed by atoms with Gasteiger partial charge in [-0.15, -0.1) is 0 Å². The number of piperazine rings is 1. The Hall–Kier alpha value is -1.18. The Bertz CT molecular complexity index is 622. The lowest BCUT2D eigenvalue weighted by Crippen LogP contribution is -2.50. The number of nitrogens with one attached hydrogen (secondary N) is 1. The molecule has 0 amide bonds. The number of hydrazone groups is 1. The molecule has 3 rings (SSSR count). The monoisotopic (exact) mass is 423 g/mol. The maximum absolute atomic E-state index is 5.36. The number of benzene rings is 1. The fraction of sp³-hybridized carbons (Fsp3) is 0.556. The van der Waals surface area contributed by atoms with E-state index in [-0.39, 0.29) is 5.11 Å². The van der Waals surface area contributed by atoms with E-state index >= 15 is 0 Å². The molecule has 1 saturated carbocycles. The van der Waals surface area contributed by atoms with E-state index in [2.05, 4.69) is 54.5 Å². The molecule has 1 heterocycles. The molecule has 2 fully saturated rings. The van der Waals surface area contributed by atoms with Gasteiger partial charge in [-0.25, -0.2) is 0 Å². The summed E-state index contributed by atoms with van der Waals surface area (Å²) in [4.78, 5) is 5.17. The molecule has 0 radical (unpaired) electrons. The first-order chi connectivity index (χ1) is 12.1. The third-order valence-electron chi connectivity index (χ3n) is 5.11. The number of thiocarbonyl (C=S) groups is 1. The van der Waals surface area contributed by atoms with E-state index in [4.69, 9.17) is 18.0 Å². The summed E-state index contributed by atoms with van der Waals surface area (Å²) in [5.74, 6) is 0. The summed E-state index contributed by atoms with van der Waals surface area (Å²) >= 11 is 8.44. The van der Waals surface area contributed by atoms with Crippen LogP contribution in [0.5, 0.6) is 0 Å². The molecule has 1 saturated heterocycles. The third-order valence-corrected chi connectivity index (χ3v) is 5.83. The van der Waals surface area contributed by atoms with E-state index in [9.17, 15) is 0 Å². The molecular formula is C18H26BrN5S. The van der Waals surface area contributed by atoms with Crippen molar-refractivity contribution >= 4 is 45.2 Å². The summed E-state index contributed by atoms with van der Waals surface area (Å²) in [5, 5.41) is 4.17. The highest BCUT2D eigenvalue weighted by molar-refractivity contribution is 9.10. The number of anilines is 1. The minimum absolute atomic E-state index is 0.169. The molecule has 1 aliphatic heterocycles. The molecule has 1 aliphatic carbocycles. The lowest BCUT2D eigenvalue weighted by atomic mass is 9.94. The van der Waals surface area contributed by atoms with Gasteiger partial charge in [0.05, 0.1) is 11.9 Å². The highest BCUT2D eigenvalue weighted by Crippen LogP contribution is 2.29. The number of rotatable bonds is 4. The van der Waals surface area contributed by atoms with Gasteiger partial charge < -0.3 is 10.6 Å². The summed E-state index contributed by atoms with van der Waals surface area (Å²) in [7, 11) is 0. The van der Waals surface area contributed by atoms with Crippen LogP contribution in [0.1, 0.15) is 37.7 Å². The number of nitrogens with two attached hydrogens (primary N) is 1. The van der Waals surface area contributed by atoms with E-state index in [1.165, 1.54) is 37.8 Å². The van der Waals surface area contributed by atoms with Crippen LogP contribution in [-0.4, -0.2) is 48.4 Å². The van der Waals surface area contributed by atoms with Gasteiger partial charge in [-0.1, -0.05) is 25.3 Å². The van der Waals surface area contributed by atoms with E-state index < -0.39 is 0 Å². The molecule has 136 valence electrons. The Balaban J connectivity index is 1.57. The van der Waals surface area contributed by atoms with Crippen LogP contribution in [0.4, 0.5) is 5.69 Å². The Kier molecular flexibility index (Phi) is 6.67. The molecule has 5 nitrogen and oxygen atoms in total. The zero-order valence-corrected chi connectivity index (χ0v) is 16.9. The molecule has 1 aromatic rings. The minimum Gasteiger partial charge on any atom is -0.375 e. The second kappa shape index (κ2) is 8.96. The summed E-state index contributed by atoms with van der Waals surface area (Å²) < 4.78 is 1.10. The normalized spacial score (nSPS) is 20.1. The van der Waals surface area contributed by atoms with Gasteiger partial charge in [-0.05, 0) is 58.7 Å². The number of hydrogen-bond donors (Lipinski definition) is 2. The molecule has 25 heavy (non-hydrogen) atoms. The summed E-state index contributed by atoms with van der Waals surface area (Å²) in [6.45, 7) is 4.51. The van der Waals surface area contributed by atoms with Crippen LogP contribution >= 0.6 is 28.1 Å². The van der Waals surface area contributed by atoms with Crippen LogP contribution in [0.25, 0.3) is 0 Å². The van der Waals surface area contributed by atoms with Crippen LogP contribution < -0.4 is 16.1 Å². The van der Waals surface area contributed by atoms with E-state index in [0.717, 1.165) is 42.3 Å². The zero-order chi connectivity index (χ0) is 17.6. The summed E-state index contributed by atoms with van der Waals surface area (Å²) in [6, 6.07) is 7.12. The van der Waals surface area contributed by atoms with Crippen molar-refractivity contribution in [2.24, 2.45) is 10.8 Å². The smallest absolute Gasteiger partial charge is 0.184 e. The largest absolute Gasteiger partial charge is 0.375 e. The first kappa shape index (κ1) is 18.6. The predicted molar refractivity (Wildman–Crippen MR) is 112 cm³/mol. The van der Waals surface area contributed by atoms with Crippen molar-refractivity contribution in [3.8, 4) is 0 Å². The topological polar surface area (TPSA) is 56.9 Å². The fourth-order valence-electron chi connectivity index (χ4n) is 3.80. The standard InChI is InChI=1S/C18H26BrN5S/c19-16-12-14(13-21-22-18(20)25)6-7-17(16)24-10-8-23(9-11-24)15-4-2-1-3-5-15/h6-7,12-13,15H,1-5,8-11H2,(H3,20,22,25). The lowest BCUT2D eigenvalue weighted by molar-refractivity contribution is 0.148. The Morgan fingerprint density at radius 1 is 1.20 bits per heavy atom. The van der Waals surface area contributed by atoms with Crippen LogP contribution in [0, 0.1) is 0 Å². The van der Waals surface area contributed by atoms with E-state index in [1.54, 1.807) is 6.21 Å². The molecule has 3 N–H and O–H groups in total. The fourth-order valence-corrected chi connectivity index (χ4v) is 4.50. The van der Waals surface area contributed by atoms with Gasteiger partial charge in [0.2, 0.25) is 0 Å². The Morgan fingerprint density at radius 2 is 1.92 bits per heavy atom. The van der Waals surface area contributed by atoms with Crippen LogP contribution in [0.2, 0.25) is 0 Å². The van der Waals surface area contributed by atoms with Crippen LogP contribution in [-0.2, 0) is 0 Å². The average Bonchev–Trinajstić information content (AvgIpc) is 2.63. The number of nitrogens with zero attached hydrogens (tertiary/aromatic N) is 3. The first-order valence-corrected chi connectivity index (χ1v) is 10.2. The van der Waals surface area contributed by atoms with Crippen LogP contribution in [0.15, 0.2) is 27.8 Å². The molecular weight excluding hydrogens is 398 g/mol. The molecule has 0 atom stereocenters. The van der Waals surface area contributed by atoms with Crippen molar-refractivity contribution in [3.63, 3.8) is 0 Å². The number of hydrogen-bond acceptors (Lipinski definition) is 4. The van der Waals surface area contributed by atoms with Gasteiger partial charge in [0.1, 0.15) is 0 Å².